The second kappa shape index (κ2) is 8.78. The van der Waals surface area contributed by atoms with E-state index in [9.17, 15) is 0 Å². The van der Waals surface area contributed by atoms with Gasteiger partial charge in [-0.05, 0) is 56.0 Å². The lowest BCUT2D eigenvalue weighted by Crippen LogP contribution is -2.23. The predicted molar refractivity (Wildman–Crippen MR) is 120 cm³/mol. The summed E-state index contributed by atoms with van der Waals surface area (Å²) in [6, 6.07) is 12.1. The normalized spacial score (nSPS) is 14.6. The molecule has 150 valence electrons. The SMILES string of the molecule is Cc1ccc(Cl)c(C)c1Nc1cc(-c2ccccn2)nc(NC2CCCCC2)n1. The molecule has 1 saturated carbocycles. The van der Waals surface area contributed by atoms with Gasteiger partial charge in [0.25, 0.3) is 0 Å². The monoisotopic (exact) mass is 407 g/mol. The number of aryl methyl sites for hydroxylation is 1. The van der Waals surface area contributed by atoms with Crippen molar-refractivity contribution in [3.63, 3.8) is 0 Å². The van der Waals surface area contributed by atoms with E-state index in [0.29, 0.717) is 12.0 Å². The molecule has 0 saturated heterocycles. The summed E-state index contributed by atoms with van der Waals surface area (Å²) in [6.45, 7) is 4.08. The van der Waals surface area contributed by atoms with Gasteiger partial charge >= 0.3 is 0 Å². The van der Waals surface area contributed by atoms with E-state index in [1.807, 2.05) is 43.3 Å². The molecule has 2 aromatic heterocycles. The van der Waals surface area contributed by atoms with Crippen LogP contribution in [0.4, 0.5) is 17.5 Å². The third-order valence-corrected chi connectivity index (χ3v) is 5.86. The molecule has 0 radical (unpaired) electrons. The molecule has 2 N–H and O–H groups in total. The molecule has 6 heteroatoms. The van der Waals surface area contributed by atoms with E-state index in [2.05, 4.69) is 22.5 Å². The average molecular weight is 408 g/mol. The third-order valence-electron chi connectivity index (χ3n) is 5.45. The van der Waals surface area contributed by atoms with Crippen LogP contribution in [0.15, 0.2) is 42.6 Å². The number of nitrogens with one attached hydrogen (secondary N) is 2. The van der Waals surface area contributed by atoms with E-state index < -0.39 is 0 Å². The molecule has 0 aliphatic heterocycles. The van der Waals surface area contributed by atoms with Gasteiger partial charge in [0.05, 0.1) is 11.4 Å². The summed E-state index contributed by atoms with van der Waals surface area (Å²) in [5, 5.41) is 7.74. The summed E-state index contributed by atoms with van der Waals surface area (Å²) in [7, 11) is 0. The van der Waals surface area contributed by atoms with Crippen LogP contribution < -0.4 is 10.6 Å². The van der Waals surface area contributed by atoms with E-state index in [4.69, 9.17) is 21.6 Å². The van der Waals surface area contributed by atoms with Gasteiger partial charge in [-0.2, -0.15) is 4.98 Å². The van der Waals surface area contributed by atoms with Crippen molar-refractivity contribution in [3.05, 3.63) is 58.7 Å². The van der Waals surface area contributed by atoms with Crippen molar-refractivity contribution in [1.29, 1.82) is 0 Å². The van der Waals surface area contributed by atoms with Crippen LogP contribution >= 0.6 is 11.6 Å². The molecule has 3 aromatic rings. The van der Waals surface area contributed by atoms with Crippen LogP contribution in [0.5, 0.6) is 0 Å². The average Bonchev–Trinajstić information content (AvgIpc) is 2.75. The second-order valence-electron chi connectivity index (χ2n) is 7.65. The Balaban J connectivity index is 1.70. The number of hydrogen-bond acceptors (Lipinski definition) is 5. The highest BCUT2D eigenvalue weighted by Crippen LogP contribution is 2.31. The van der Waals surface area contributed by atoms with Gasteiger partial charge in [0.1, 0.15) is 5.82 Å². The Morgan fingerprint density at radius 2 is 1.79 bits per heavy atom. The molecule has 1 aliphatic carbocycles. The first-order valence-electron chi connectivity index (χ1n) is 10.2. The number of benzene rings is 1. The van der Waals surface area contributed by atoms with Gasteiger partial charge in [-0.25, -0.2) is 4.98 Å². The maximum absolute atomic E-state index is 6.34. The molecule has 0 bridgehead atoms. The Labute approximate surface area is 177 Å². The Morgan fingerprint density at radius 1 is 0.966 bits per heavy atom. The zero-order valence-corrected chi connectivity index (χ0v) is 17.6. The van der Waals surface area contributed by atoms with Crippen molar-refractivity contribution in [2.45, 2.75) is 52.0 Å². The minimum atomic E-state index is 0.422. The van der Waals surface area contributed by atoms with Crippen LogP contribution in [0.2, 0.25) is 5.02 Å². The van der Waals surface area contributed by atoms with Crippen LogP contribution in [0.3, 0.4) is 0 Å². The van der Waals surface area contributed by atoms with Gasteiger partial charge in [-0.1, -0.05) is 43.0 Å². The Kier molecular flexibility index (Phi) is 5.95. The number of aromatic nitrogens is 3. The van der Waals surface area contributed by atoms with E-state index in [-0.39, 0.29) is 0 Å². The quantitative estimate of drug-likeness (QED) is 0.519. The highest BCUT2D eigenvalue weighted by atomic mass is 35.5. The van der Waals surface area contributed by atoms with Crippen molar-refractivity contribution in [1.82, 2.24) is 15.0 Å². The summed E-state index contributed by atoms with van der Waals surface area (Å²) in [5.41, 5.74) is 4.72. The maximum Gasteiger partial charge on any atom is 0.225 e. The lowest BCUT2D eigenvalue weighted by molar-refractivity contribution is 0.461. The Hall–Kier alpha value is -2.66. The van der Waals surface area contributed by atoms with Crippen molar-refractivity contribution in [2.24, 2.45) is 0 Å². The van der Waals surface area contributed by atoms with Gasteiger partial charge in [-0.15, -0.1) is 0 Å². The Bertz CT molecular complexity index is 984. The largest absolute Gasteiger partial charge is 0.351 e. The van der Waals surface area contributed by atoms with Crippen LogP contribution in [-0.2, 0) is 0 Å². The molecule has 1 aliphatic rings. The molecule has 1 fully saturated rings. The number of pyridine rings is 1. The number of rotatable bonds is 5. The topological polar surface area (TPSA) is 62.7 Å². The zero-order valence-electron chi connectivity index (χ0n) is 16.9. The molecule has 0 amide bonds. The predicted octanol–water partition coefficient (Wildman–Crippen LogP) is 6.30. The molecule has 4 rings (SSSR count). The fourth-order valence-corrected chi connectivity index (χ4v) is 3.95. The minimum absolute atomic E-state index is 0.422. The highest BCUT2D eigenvalue weighted by molar-refractivity contribution is 6.31. The smallest absolute Gasteiger partial charge is 0.225 e. The van der Waals surface area contributed by atoms with Crippen molar-refractivity contribution < 1.29 is 0 Å². The van der Waals surface area contributed by atoms with Crippen LogP contribution in [0, 0.1) is 13.8 Å². The minimum Gasteiger partial charge on any atom is -0.351 e. The molecule has 5 nitrogen and oxygen atoms in total. The fraction of sp³-hybridized carbons (Fsp3) is 0.348. The fourth-order valence-electron chi connectivity index (χ4n) is 3.79. The number of anilines is 3. The summed E-state index contributed by atoms with van der Waals surface area (Å²) < 4.78 is 0. The van der Waals surface area contributed by atoms with Crippen LogP contribution in [0.1, 0.15) is 43.2 Å². The molecule has 1 aromatic carbocycles. The van der Waals surface area contributed by atoms with E-state index >= 15 is 0 Å². The van der Waals surface area contributed by atoms with Gasteiger partial charge in [0, 0.05) is 29.0 Å². The van der Waals surface area contributed by atoms with Gasteiger partial charge in [-0.3, -0.25) is 4.98 Å². The third kappa shape index (κ3) is 4.67. The standard InChI is InChI=1S/C23H26ClN5/c1-15-11-12-18(24)16(2)22(15)28-21-14-20(19-10-6-7-13-25-19)27-23(29-21)26-17-8-4-3-5-9-17/h6-7,10-14,17H,3-5,8-9H2,1-2H3,(H2,26,27,28,29). The van der Waals surface area contributed by atoms with Gasteiger partial charge < -0.3 is 10.6 Å². The van der Waals surface area contributed by atoms with Crippen molar-refractivity contribution in [3.8, 4) is 11.4 Å². The van der Waals surface area contributed by atoms with E-state index in [0.717, 1.165) is 51.9 Å². The molecule has 0 unspecified atom stereocenters. The molecule has 0 spiro atoms. The Morgan fingerprint density at radius 3 is 2.55 bits per heavy atom. The zero-order chi connectivity index (χ0) is 20.2. The summed E-state index contributed by atoms with van der Waals surface area (Å²) in [4.78, 5) is 14.0. The molecule has 2 heterocycles. The van der Waals surface area contributed by atoms with Crippen LogP contribution in [-0.4, -0.2) is 21.0 Å². The van der Waals surface area contributed by atoms with Crippen molar-refractivity contribution >= 4 is 29.1 Å². The lowest BCUT2D eigenvalue weighted by Gasteiger charge is -2.23. The first-order chi connectivity index (χ1) is 14.1. The maximum atomic E-state index is 6.34. The second-order valence-corrected chi connectivity index (χ2v) is 8.05. The van der Waals surface area contributed by atoms with Gasteiger partial charge in [0.2, 0.25) is 5.95 Å². The number of halogens is 1. The summed E-state index contributed by atoms with van der Waals surface area (Å²) in [5.74, 6) is 1.37. The van der Waals surface area contributed by atoms with Crippen molar-refractivity contribution in [2.75, 3.05) is 10.6 Å². The molecule has 29 heavy (non-hydrogen) atoms. The van der Waals surface area contributed by atoms with Crippen LogP contribution in [0.25, 0.3) is 11.4 Å². The van der Waals surface area contributed by atoms with E-state index in [1.54, 1.807) is 6.20 Å². The first kappa shape index (κ1) is 19.6. The lowest BCUT2D eigenvalue weighted by atomic mass is 9.96. The molecular weight excluding hydrogens is 382 g/mol. The number of nitrogens with zero attached hydrogens (tertiary/aromatic N) is 3. The first-order valence-corrected chi connectivity index (χ1v) is 10.6. The molecule has 0 atom stereocenters. The number of hydrogen-bond donors (Lipinski definition) is 2. The summed E-state index contributed by atoms with van der Waals surface area (Å²) in [6.07, 6.45) is 7.92. The van der Waals surface area contributed by atoms with E-state index in [1.165, 1.54) is 19.3 Å². The molecular formula is C23H26ClN5. The van der Waals surface area contributed by atoms with Gasteiger partial charge in [0.15, 0.2) is 0 Å². The highest BCUT2D eigenvalue weighted by Gasteiger charge is 2.16. The summed E-state index contributed by atoms with van der Waals surface area (Å²) >= 11 is 6.34.